The summed E-state index contributed by atoms with van der Waals surface area (Å²) < 4.78 is 0. The maximum atomic E-state index is 3.74. The van der Waals surface area contributed by atoms with Crippen molar-refractivity contribution in [1.29, 1.82) is 0 Å². The van der Waals surface area contributed by atoms with E-state index >= 15 is 0 Å². The van der Waals surface area contributed by atoms with Crippen molar-refractivity contribution >= 4 is 0 Å². The molecule has 3 aliphatic rings. The van der Waals surface area contributed by atoms with Gasteiger partial charge in [-0.1, -0.05) is 26.7 Å². The van der Waals surface area contributed by atoms with E-state index in [2.05, 4.69) is 24.1 Å². The summed E-state index contributed by atoms with van der Waals surface area (Å²) in [5.41, 5.74) is 0. The van der Waals surface area contributed by atoms with E-state index in [-0.39, 0.29) is 0 Å². The fourth-order valence-electron chi connectivity index (χ4n) is 4.85. The van der Waals surface area contributed by atoms with Crippen LogP contribution < -0.4 is 5.32 Å². The van der Waals surface area contributed by atoms with Crippen molar-refractivity contribution in [2.75, 3.05) is 19.6 Å². The predicted octanol–water partition coefficient (Wildman–Crippen LogP) is 3.28. The van der Waals surface area contributed by atoms with Gasteiger partial charge >= 0.3 is 0 Å². The fraction of sp³-hybridized carbons (Fsp3) is 1.00. The first-order valence-electron chi connectivity index (χ1n) is 8.73. The smallest absolute Gasteiger partial charge is 0.0123 e. The average molecular weight is 264 g/mol. The van der Waals surface area contributed by atoms with Crippen LogP contribution in [0.4, 0.5) is 0 Å². The van der Waals surface area contributed by atoms with Crippen LogP contribution in [0.25, 0.3) is 0 Å². The van der Waals surface area contributed by atoms with Crippen LogP contribution in [0, 0.1) is 17.8 Å². The van der Waals surface area contributed by atoms with Gasteiger partial charge in [0, 0.05) is 18.6 Å². The minimum absolute atomic E-state index is 0.833. The Morgan fingerprint density at radius 1 is 0.947 bits per heavy atom. The lowest BCUT2D eigenvalue weighted by molar-refractivity contribution is 0.0396. The molecule has 0 aromatic carbocycles. The number of hydrogen-bond donors (Lipinski definition) is 1. The second-order valence-electron chi connectivity index (χ2n) is 7.43. The molecule has 5 atom stereocenters. The van der Waals surface area contributed by atoms with Gasteiger partial charge in [-0.25, -0.2) is 0 Å². The van der Waals surface area contributed by atoms with Crippen molar-refractivity contribution in [3.63, 3.8) is 0 Å². The first kappa shape index (κ1) is 13.9. The lowest BCUT2D eigenvalue weighted by Gasteiger charge is -2.46. The molecule has 5 unspecified atom stereocenters. The Bertz CT molecular complexity index is 285. The first-order valence-corrected chi connectivity index (χ1v) is 8.73. The molecule has 0 radical (unpaired) electrons. The molecule has 2 heteroatoms. The second-order valence-corrected chi connectivity index (χ2v) is 7.43. The maximum absolute atomic E-state index is 3.74. The molecule has 0 aromatic rings. The van der Waals surface area contributed by atoms with E-state index in [9.17, 15) is 0 Å². The van der Waals surface area contributed by atoms with Crippen molar-refractivity contribution in [2.45, 2.75) is 70.9 Å². The molecule has 2 saturated heterocycles. The number of nitrogens with zero attached hydrogens (tertiary/aromatic N) is 1. The van der Waals surface area contributed by atoms with Crippen molar-refractivity contribution in [3.05, 3.63) is 0 Å². The molecule has 2 heterocycles. The molecule has 1 saturated carbocycles. The molecule has 0 aromatic heterocycles. The Balaban J connectivity index is 1.60. The average Bonchev–Trinajstić information content (AvgIpc) is 2.96. The third-order valence-corrected chi connectivity index (χ3v) is 6.29. The summed E-state index contributed by atoms with van der Waals surface area (Å²) in [6.45, 7) is 8.98. The van der Waals surface area contributed by atoms with E-state index in [1.54, 1.807) is 0 Å². The highest BCUT2D eigenvalue weighted by atomic mass is 15.2. The molecule has 1 aliphatic carbocycles. The third-order valence-electron chi connectivity index (χ3n) is 6.29. The van der Waals surface area contributed by atoms with E-state index in [0.29, 0.717) is 0 Å². The molecule has 0 bridgehead atoms. The molecular formula is C17H32N2. The summed E-state index contributed by atoms with van der Waals surface area (Å²) in [5.74, 6) is 2.77. The van der Waals surface area contributed by atoms with Crippen LogP contribution in [-0.2, 0) is 0 Å². The van der Waals surface area contributed by atoms with Crippen LogP contribution in [0.2, 0.25) is 0 Å². The number of nitrogens with one attached hydrogen (secondary N) is 1. The highest BCUT2D eigenvalue weighted by Crippen LogP contribution is 2.35. The van der Waals surface area contributed by atoms with Gasteiger partial charge in [0.05, 0.1) is 0 Å². The van der Waals surface area contributed by atoms with Gasteiger partial charge < -0.3 is 5.32 Å². The Kier molecular flexibility index (Phi) is 4.48. The van der Waals surface area contributed by atoms with E-state index in [0.717, 1.165) is 29.8 Å². The van der Waals surface area contributed by atoms with Crippen molar-refractivity contribution < 1.29 is 0 Å². The van der Waals surface area contributed by atoms with Crippen LogP contribution in [0.1, 0.15) is 58.8 Å². The topological polar surface area (TPSA) is 15.3 Å². The van der Waals surface area contributed by atoms with Crippen molar-refractivity contribution in [2.24, 2.45) is 17.8 Å². The molecule has 19 heavy (non-hydrogen) atoms. The highest BCUT2D eigenvalue weighted by Gasteiger charge is 2.36. The molecular weight excluding hydrogens is 232 g/mol. The number of rotatable bonds is 2. The molecule has 3 fully saturated rings. The highest BCUT2D eigenvalue weighted by molar-refractivity contribution is 4.91. The SMILES string of the molecule is CC1CCCC(N2CCCC(C3CCCN3)C2)C1C. The normalized spacial score (nSPS) is 45.5. The molecule has 3 rings (SSSR count). The summed E-state index contributed by atoms with van der Waals surface area (Å²) in [6, 6.07) is 1.71. The number of piperidine rings is 1. The molecule has 2 aliphatic heterocycles. The predicted molar refractivity (Wildman–Crippen MR) is 81.3 cm³/mol. The molecule has 110 valence electrons. The van der Waals surface area contributed by atoms with Gasteiger partial charge in [0.15, 0.2) is 0 Å². The quantitative estimate of drug-likeness (QED) is 0.823. The minimum atomic E-state index is 0.833. The van der Waals surface area contributed by atoms with Crippen LogP contribution in [-0.4, -0.2) is 36.6 Å². The molecule has 1 N–H and O–H groups in total. The standard InChI is InChI=1S/C17H32N2/c1-13-6-3-9-17(14(13)2)19-11-5-7-15(12-19)16-8-4-10-18-16/h13-18H,3-12H2,1-2H3. The Labute approximate surface area is 119 Å². The summed E-state index contributed by atoms with van der Waals surface area (Å²) in [5, 5.41) is 3.74. The summed E-state index contributed by atoms with van der Waals surface area (Å²) in [6.07, 6.45) is 10.1. The Morgan fingerprint density at radius 3 is 2.63 bits per heavy atom. The first-order chi connectivity index (χ1) is 9.25. The van der Waals surface area contributed by atoms with Gasteiger partial charge in [-0.15, -0.1) is 0 Å². The lowest BCUT2D eigenvalue weighted by Crippen LogP contribution is -2.51. The van der Waals surface area contributed by atoms with Gasteiger partial charge in [0.25, 0.3) is 0 Å². The van der Waals surface area contributed by atoms with Gasteiger partial charge in [-0.05, 0) is 62.9 Å². The molecule has 0 amide bonds. The number of hydrogen-bond acceptors (Lipinski definition) is 2. The van der Waals surface area contributed by atoms with Crippen LogP contribution in [0.15, 0.2) is 0 Å². The zero-order valence-corrected chi connectivity index (χ0v) is 12.9. The fourth-order valence-corrected chi connectivity index (χ4v) is 4.85. The number of likely N-dealkylation sites (tertiary alicyclic amines) is 1. The summed E-state index contributed by atoms with van der Waals surface area (Å²) >= 11 is 0. The maximum Gasteiger partial charge on any atom is 0.0123 e. The molecule has 0 spiro atoms. The minimum Gasteiger partial charge on any atom is -0.314 e. The van der Waals surface area contributed by atoms with Crippen LogP contribution >= 0.6 is 0 Å². The van der Waals surface area contributed by atoms with Crippen LogP contribution in [0.5, 0.6) is 0 Å². The molecule has 2 nitrogen and oxygen atoms in total. The zero-order chi connectivity index (χ0) is 13.2. The van der Waals surface area contributed by atoms with E-state index in [1.807, 2.05) is 0 Å². The zero-order valence-electron chi connectivity index (χ0n) is 12.9. The Morgan fingerprint density at radius 2 is 1.84 bits per heavy atom. The van der Waals surface area contributed by atoms with Gasteiger partial charge in [0.1, 0.15) is 0 Å². The monoisotopic (exact) mass is 264 g/mol. The largest absolute Gasteiger partial charge is 0.314 e. The van der Waals surface area contributed by atoms with Gasteiger partial charge in [-0.3, -0.25) is 4.90 Å². The summed E-state index contributed by atoms with van der Waals surface area (Å²) in [7, 11) is 0. The second kappa shape index (κ2) is 6.13. The van der Waals surface area contributed by atoms with E-state index < -0.39 is 0 Å². The van der Waals surface area contributed by atoms with Gasteiger partial charge in [-0.2, -0.15) is 0 Å². The van der Waals surface area contributed by atoms with Crippen LogP contribution in [0.3, 0.4) is 0 Å². The Hall–Kier alpha value is -0.0800. The van der Waals surface area contributed by atoms with E-state index in [1.165, 1.54) is 64.6 Å². The van der Waals surface area contributed by atoms with Gasteiger partial charge in [0.2, 0.25) is 0 Å². The summed E-state index contributed by atoms with van der Waals surface area (Å²) in [4.78, 5) is 2.87. The van der Waals surface area contributed by atoms with E-state index in [4.69, 9.17) is 0 Å². The van der Waals surface area contributed by atoms with Crippen molar-refractivity contribution in [1.82, 2.24) is 10.2 Å². The van der Waals surface area contributed by atoms with Crippen molar-refractivity contribution in [3.8, 4) is 0 Å². The third kappa shape index (κ3) is 3.00. The lowest BCUT2D eigenvalue weighted by atomic mass is 9.76.